The van der Waals surface area contributed by atoms with Crippen molar-refractivity contribution in [1.29, 1.82) is 0 Å². The molecule has 0 atom stereocenters. The highest BCUT2D eigenvalue weighted by Gasteiger charge is 1.99. The molecular formula is C17H14BrN3. The van der Waals surface area contributed by atoms with Gasteiger partial charge in [-0.25, -0.2) is 4.98 Å². The van der Waals surface area contributed by atoms with Gasteiger partial charge in [0.25, 0.3) is 0 Å². The van der Waals surface area contributed by atoms with Crippen LogP contribution in [0, 0.1) is 0 Å². The van der Waals surface area contributed by atoms with E-state index in [1.54, 1.807) is 0 Å². The molecule has 0 radical (unpaired) electrons. The highest BCUT2D eigenvalue weighted by atomic mass is 79.9. The second-order valence-corrected chi connectivity index (χ2v) is 5.62. The van der Waals surface area contributed by atoms with Crippen molar-refractivity contribution in [1.82, 2.24) is 4.98 Å². The Labute approximate surface area is 131 Å². The standard InChI is InChI=1S/C17H14BrN3/c1-12(13-6-9-15(18)10-7-13)20-21-17-11-8-14-4-2-3-5-16(14)19-17/h2-11H,1H3,(H,19,21). The number of anilines is 1. The Morgan fingerprint density at radius 3 is 2.57 bits per heavy atom. The van der Waals surface area contributed by atoms with Crippen molar-refractivity contribution in [3.05, 3.63) is 70.7 Å². The molecular weight excluding hydrogens is 326 g/mol. The largest absolute Gasteiger partial charge is 0.261 e. The maximum absolute atomic E-state index is 4.53. The van der Waals surface area contributed by atoms with Crippen LogP contribution in [-0.2, 0) is 0 Å². The van der Waals surface area contributed by atoms with Crippen molar-refractivity contribution < 1.29 is 0 Å². The van der Waals surface area contributed by atoms with Crippen LogP contribution in [0.2, 0.25) is 0 Å². The van der Waals surface area contributed by atoms with Crippen molar-refractivity contribution >= 4 is 38.4 Å². The van der Waals surface area contributed by atoms with Crippen molar-refractivity contribution in [2.75, 3.05) is 5.43 Å². The number of para-hydroxylation sites is 1. The van der Waals surface area contributed by atoms with E-state index >= 15 is 0 Å². The monoisotopic (exact) mass is 339 g/mol. The first-order valence-electron chi connectivity index (χ1n) is 6.64. The molecule has 0 aliphatic carbocycles. The van der Waals surface area contributed by atoms with Crippen LogP contribution in [0.3, 0.4) is 0 Å². The van der Waals surface area contributed by atoms with Gasteiger partial charge in [-0.05, 0) is 42.8 Å². The van der Waals surface area contributed by atoms with Gasteiger partial charge in [-0.3, -0.25) is 5.43 Å². The fourth-order valence-corrected chi connectivity index (χ4v) is 2.29. The molecule has 0 spiro atoms. The van der Waals surface area contributed by atoms with Crippen LogP contribution in [0.5, 0.6) is 0 Å². The summed E-state index contributed by atoms with van der Waals surface area (Å²) >= 11 is 3.43. The zero-order valence-electron chi connectivity index (χ0n) is 11.5. The molecule has 0 saturated carbocycles. The summed E-state index contributed by atoms with van der Waals surface area (Å²) in [4.78, 5) is 4.53. The molecule has 4 heteroatoms. The van der Waals surface area contributed by atoms with E-state index in [9.17, 15) is 0 Å². The van der Waals surface area contributed by atoms with Gasteiger partial charge >= 0.3 is 0 Å². The van der Waals surface area contributed by atoms with Crippen LogP contribution in [0.4, 0.5) is 5.82 Å². The summed E-state index contributed by atoms with van der Waals surface area (Å²) in [7, 11) is 0. The second-order valence-electron chi connectivity index (χ2n) is 4.71. The number of hydrazone groups is 1. The lowest BCUT2D eigenvalue weighted by Gasteiger charge is -2.04. The second kappa shape index (κ2) is 6.06. The molecule has 1 aromatic heterocycles. The molecule has 0 saturated heterocycles. The van der Waals surface area contributed by atoms with E-state index in [2.05, 4.69) is 31.4 Å². The van der Waals surface area contributed by atoms with Gasteiger partial charge in [0.2, 0.25) is 0 Å². The molecule has 2 aromatic carbocycles. The Morgan fingerprint density at radius 1 is 1.00 bits per heavy atom. The molecule has 0 unspecified atom stereocenters. The Kier molecular flexibility index (Phi) is 3.97. The van der Waals surface area contributed by atoms with Crippen LogP contribution in [0.25, 0.3) is 10.9 Å². The number of fused-ring (bicyclic) bond motifs is 1. The third kappa shape index (κ3) is 3.28. The average molecular weight is 340 g/mol. The molecule has 0 amide bonds. The summed E-state index contributed by atoms with van der Waals surface area (Å²) in [5.74, 6) is 0.741. The number of aromatic nitrogens is 1. The molecule has 0 bridgehead atoms. The predicted molar refractivity (Wildman–Crippen MR) is 91.7 cm³/mol. The molecule has 3 rings (SSSR count). The van der Waals surface area contributed by atoms with E-state index < -0.39 is 0 Å². The highest BCUT2D eigenvalue weighted by Crippen LogP contribution is 2.15. The maximum Gasteiger partial charge on any atom is 0.146 e. The first kappa shape index (κ1) is 13.8. The van der Waals surface area contributed by atoms with Crippen LogP contribution in [-0.4, -0.2) is 10.7 Å². The Morgan fingerprint density at radius 2 is 1.76 bits per heavy atom. The fraction of sp³-hybridized carbons (Fsp3) is 0.0588. The van der Waals surface area contributed by atoms with Gasteiger partial charge in [-0.2, -0.15) is 5.10 Å². The van der Waals surface area contributed by atoms with Crippen LogP contribution in [0.15, 0.2) is 70.2 Å². The van der Waals surface area contributed by atoms with E-state index in [4.69, 9.17) is 0 Å². The third-order valence-corrected chi connectivity index (χ3v) is 3.73. The number of pyridine rings is 1. The first-order valence-corrected chi connectivity index (χ1v) is 7.44. The summed E-state index contributed by atoms with van der Waals surface area (Å²) in [5.41, 5.74) is 5.96. The van der Waals surface area contributed by atoms with Gasteiger partial charge in [0.15, 0.2) is 0 Å². The average Bonchev–Trinajstić information content (AvgIpc) is 2.53. The van der Waals surface area contributed by atoms with E-state index in [0.717, 1.165) is 32.5 Å². The highest BCUT2D eigenvalue weighted by molar-refractivity contribution is 9.10. The smallest absolute Gasteiger partial charge is 0.146 e. The Balaban J connectivity index is 1.81. The SMILES string of the molecule is CC(=NNc1ccc2ccccc2n1)c1ccc(Br)cc1. The summed E-state index contributed by atoms with van der Waals surface area (Å²) in [6.45, 7) is 1.97. The lowest BCUT2D eigenvalue weighted by molar-refractivity contribution is 1.25. The summed E-state index contributed by atoms with van der Waals surface area (Å²) in [6, 6.07) is 20.1. The van der Waals surface area contributed by atoms with E-state index in [0.29, 0.717) is 0 Å². The van der Waals surface area contributed by atoms with Gasteiger partial charge in [-0.15, -0.1) is 0 Å². The van der Waals surface area contributed by atoms with Crippen molar-refractivity contribution in [3.8, 4) is 0 Å². The van der Waals surface area contributed by atoms with E-state index in [1.807, 2.05) is 67.6 Å². The fourth-order valence-electron chi connectivity index (χ4n) is 2.03. The predicted octanol–water partition coefficient (Wildman–Crippen LogP) is 4.83. The minimum absolute atomic E-state index is 0.741. The number of hydrogen-bond acceptors (Lipinski definition) is 3. The van der Waals surface area contributed by atoms with Crippen molar-refractivity contribution in [3.63, 3.8) is 0 Å². The topological polar surface area (TPSA) is 37.3 Å². The molecule has 0 fully saturated rings. The molecule has 104 valence electrons. The number of halogens is 1. The lowest BCUT2D eigenvalue weighted by atomic mass is 10.1. The molecule has 1 N–H and O–H groups in total. The zero-order valence-corrected chi connectivity index (χ0v) is 13.1. The normalized spacial score (nSPS) is 11.6. The summed E-state index contributed by atoms with van der Waals surface area (Å²) in [5, 5.41) is 5.51. The number of benzene rings is 2. The van der Waals surface area contributed by atoms with Gasteiger partial charge < -0.3 is 0 Å². The zero-order chi connectivity index (χ0) is 14.7. The Bertz CT molecular complexity index is 794. The van der Waals surface area contributed by atoms with Gasteiger partial charge in [0.1, 0.15) is 5.82 Å². The molecule has 1 heterocycles. The van der Waals surface area contributed by atoms with Crippen LogP contribution < -0.4 is 5.43 Å². The number of rotatable bonds is 3. The number of hydrogen-bond donors (Lipinski definition) is 1. The van der Waals surface area contributed by atoms with Gasteiger partial charge in [0.05, 0.1) is 11.2 Å². The minimum Gasteiger partial charge on any atom is -0.261 e. The molecule has 21 heavy (non-hydrogen) atoms. The minimum atomic E-state index is 0.741. The summed E-state index contributed by atoms with van der Waals surface area (Å²) in [6.07, 6.45) is 0. The summed E-state index contributed by atoms with van der Waals surface area (Å²) < 4.78 is 1.06. The quantitative estimate of drug-likeness (QED) is 0.548. The van der Waals surface area contributed by atoms with Crippen LogP contribution >= 0.6 is 15.9 Å². The third-order valence-electron chi connectivity index (χ3n) is 3.20. The van der Waals surface area contributed by atoms with Crippen LogP contribution in [0.1, 0.15) is 12.5 Å². The van der Waals surface area contributed by atoms with Crippen molar-refractivity contribution in [2.45, 2.75) is 6.92 Å². The maximum atomic E-state index is 4.53. The van der Waals surface area contributed by atoms with Gasteiger partial charge in [-0.1, -0.05) is 46.3 Å². The first-order chi connectivity index (χ1) is 10.2. The molecule has 0 aliphatic heterocycles. The van der Waals surface area contributed by atoms with E-state index in [1.165, 1.54) is 0 Å². The lowest BCUT2D eigenvalue weighted by Crippen LogP contribution is -2.00. The van der Waals surface area contributed by atoms with Crippen molar-refractivity contribution in [2.24, 2.45) is 5.10 Å². The Hall–Kier alpha value is -2.20. The molecule has 3 aromatic rings. The van der Waals surface area contributed by atoms with E-state index in [-0.39, 0.29) is 0 Å². The molecule has 0 aliphatic rings. The molecule has 3 nitrogen and oxygen atoms in total. The van der Waals surface area contributed by atoms with Gasteiger partial charge in [0, 0.05) is 9.86 Å². The number of nitrogens with zero attached hydrogens (tertiary/aromatic N) is 2. The number of nitrogens with one attached hydrogen (secondary N) is 1.